The molecule has 3 N–H and O–H groups in total. The van der Waals surface area contributed by atoms with Gasteiger partial charge in [-0.3, -0.25) is 38.7 Å². The van der Waals surface area contributed by atoms with Gasteiger partial charge < -0.3 is 24.8 Å². The van der Waals surface area contributed by atoms with Gasteiger partial charge >= 0.3 is 29.8 Å². The van der Waals surface area contributed by atoms with Gasteiger partial charge in [-0.2, -0.15) is 0 Å². The van der Waals surface area contributed by atoms with Gasteiger partial charge in [-0.05, 0) is 24.3 Å². The summed E-state index contributed by atoms with van der Waals surface area (Å²) < 4.78 is 10.4. The SMILES string of the molecule is O=C(O)CN(CCN(CC(=O)O)CC(=O)Oc1ccccc1)CCN(CC(=O)O)CC(=O)Oc1ccccc1. The number of rotatable bonds is 18. The summed E-state index contributed by atoms with van der Waals surface area (Å²) in [6.45, 7) is -1.97. The molecule has 0 saturated heterocycles. The first kappa shape index (κ1) is 30.9. The number of hydrogen-bond acceptors (Lipinski definition) is 10. The van der Waals surface area contributed by atoms with Crippen molar-refractivity contribution < 1.29 is 48.8 Å². The Bertz CT molecular complexity index is 1020. The largest absolute Gasteiger partial charge is 0.480 e. The van der Waals surface area contributed by atoms with Gasteiger partial charge in [0.2, 0.25) is 0 Å². The summed E-state index contributed by atoms with van der Waals surface area (Å²) in [6.07, 6.45) is 0. The zero-order valence-corrected chi connectivity index (χ0v) is 21.2. The number of esters is 2. The third kappa shape index (κ3) is 13.7. The van der Waals surface area contributed by atoms with E-state index in [2.05, 4.69) is 0 Å². The van der Waals surface area contributed by atoms with E-state index in [4.69, 9.17) is 9.47 Å². The molecule has 0 aliphatic heterocycles. The van der Waals surface area contributed by atoms with Crippen LogP contribution in [0.4, 0.5) is 0 Å². The Labute approximate surface area is 224 Å². The molecule has 210 valence electrons. The van der Waals surface area contributed by atoms with Gasteiger partial charge in [-0.1, -0.05) is 36.4 Å². The second-order valence-corrected chi connectivity index (χ2v) is 8.45. The molecule has 0 heterocycles. The van der Waals surface area contributed by atoms with Crippen LogP contribution in [0.3, 0.4) is 0 Å². The molecule has 0 fully saturated rings. The Morgan fingerprint density at radius 2 is 0.795 bits per heavy atom. The third-order valence-corrected chi connectivity index (χ3v) is 5.20. The van der Waals surface area contributed by atoms with Gasteiger partial charge in [-0.25, -0.2) is 0 Å². The summed E-state index contributed by atoms with van der Waals surface area (Å²) in [4.78, 5) is 62.7. The zero-order chi connectivity index (χ0) is 28.6. The van der Waals surface area contributed by atoms with Crippen molar-refractivity contribution in [2.24, 2.45) is 0 Å². The van der Waals surface area contributed by atoms with Crippen LogP contribution in [0.5, 0.6) is 11.5 Å². The van der Waals surface area contributed by atoms with Crippen LogP contribution in [0, 0.1) is 0 Å². The topological polar surface area (TPSA) is 174 Å². The van der Waals surface area contributed by atoms with E-state index in [-0.39, 0.29) is 39.3 Å². The predicted molar refractivity (Wildman–Crippen MR) is 136 cm³/mol. The minimum absolute atomic E-state index is 0.0124. The van der Waals surface area contributed by atoms with Crippen molar-refractivity contribution in [3.8, 4) is 11.5 Å². The maximum Gasteiger partial charge on any atom is 0.325 e. The molecule has 39 heavy (non-hydrogen) atoms. The molecule has 2 rings (SSSR count). The van der Waals surface area contributed by atoms with Crippen molar-refractivity contribution in [2.75, 3.05) is 58.9 Å². The van der Waals surface area contributed by atoms with E-state index >= 15 is 0 Å². The molecular weight excluding hydrogens is 514 g/mol. The van der Waals surface area contributed by atoms with Crippen molar-refractivity contribution >= 4 is 29.8 Å². The van der Waals surface area contributed by atoms with Gasteiger partial charge in [0.15, 0.2) is 0 Å². The molecule has 0 unspecified atom stereocenters. The lowest BCUT2D eigenvalue weighted by molar-refractivity contribution is -0.142. The number of carbonyl (C=O) groups excluding carboxylic acids is 2. The maximum absolute atomic E-state index is 12.3. The Balaban J connectivity index is 1.97. The number of carbonyl (C=O) groups is 5. The first-order valence-corrected chi connectivity index (χ1v) is 11.9. The van der Waals surface area contributed by atoms with Gasteiger partial charge in [0.1, 0.15) is 11.5 Å². The van der Waals surface area contributed by atoms with E-state index in [0.717, 1.165) is 0 Å². The summed E-state index contributed by atoms with van der Waals surface area (Å²) in [5, 5.41) is 27.8. The summed E-state index contributed by atoms with van der Waals surface area (Å²) in [7, 11) is 0. The smallest absolute Gasteiger partial charge is 0.325 e. The molecule has 0 atom stereocenters. The number of aliphatic carboxylic acids is 3. The van der Waals surface area contributed by atoms with E-state index in [1.54, 1.807) is 60.7 Å². The second kappa shape index (κ2) is 16.5. The van der Waals surface area contributed by atoms with Crippen molar-refractivity contribution in [3.05, 3.63) is 60.7 Å². The molecule has 0 radical (unpaired) electrons. The molecule has 0 amide bonds. The van der Waals surface area contributed by atoms with E-state index in [1.807, 2.05) is 0 Å². The fourth-order valence-corrected chi connectivity index (χ4v) is 3.51. The number of nitrogens with zero attached hydrogens (tertiary/aromatic N) is 3. The molecule has 0 aromatic heterocycles. The molecule has 0 saturated carbocycles. The lowest BCUT2D eigenvalue weighted by Gasteiger charge is -2.27. The molecule has 2 aromatic carbocycles. The predicted octanol–water partition coefficient (Wildman–Crippen LogP) is 0.357. The number of para-hydroxylation sites is 2. The number of benzene rings is 2. The number of hydrogen-bond donors (Lipinski definition) is 3. The first-order valence-electron chi connectivity index (χ1n) is 11.9. The number of carboxylic acid groups (broad SMARTS) is 3. The van der Waals surface area contributed by atoms with Crippen molar-refractivity contribution in [3.63, 3.8) is 0 Å². The lowest BCUT2D eigenvalue weighted by atomic mass is 10.3. The second-order valence-electron chi connectivity index (χ2n) is 8.45. The average Bonchev–Trinajstić information content (AvgIpc) is 2.85. The van der Waals surface area contributed by atoms with Crippen molar-refractivity contribution in [1.82, 2.24) is 14.7 Å². The van der Waals surface area contributed by atoms with Gasteiger partial charge in [0.25, 0.3) is 0 Å². The summed E-state index contributed by atoms with van der Waals surface area (Å²) in [5.74, 6) is -4.29. The van der Waals surface area contributed by atoms with Crippen LogP contribution in [-0.2, 0) is 24.0 Å². The van der Waals surface area contributed by atoms with Crippen LogP contribution in [-0.4, -0.2) is 119 Å². The Kier molecular flexibility index (Phi) is 13.1. The molecule has 0 aliphatic rings. The van der Waals surface area contributed by atoms with Crippen LogP contribution < -0.4 is 9.47 Å². The highest BCUT2D eigenvalue weighted by Gasteiger charge is 2.21. The lowest BCUT2D eigenvalue weighted by Crippen LogP contribution is -2.46. The summed E-state index contributed by atoms with van der Waals surface area (Å²) >= 11 is 0. The van der Waals surface area contributed by atoms with E-state index < -0.39 is 49.5 Å². The molecule has 0 bridgehead atoms. The van der Waals surface area contributed by atoms with Crippen LogP contribution in [0.2, 0.25) is 0 Å². The van der Waals surface area contributed by atoms with Gasteiger partial charge in [0, 0.05) is 26.2 Å². The number of ether oxygens (including phenoxy) is 2. The van der Waals surface area contributed by atoms with Crippen LogP contribution >= 0.6 is 0 Å². The highest BCUT2D eigenvalue weighted by atomic mass is 16.5. The fraction of sp³-hybridized carbons (Fsp3) is 0.346. The monoisotopic (exact) mass is 545 g/mol. The molecule has 0 spiro atoms. The van der Waals surface area contributed by atoms with Crippen LogP contribution in [0.15, 0.2) is 60.7 Å². The third-order valence-electron chi connectivity index (χ3n) is 5.20. The maximum atomic E-state index is 12.3. The normalized spacial score (nSPS) is 10.9. The highest BCUT2D eigenvalue weighted by molar-refractivity contribution is 5.76. The van der Waals surface area contributed by atoms with Gasteiger partial charge in [0.05, 0.1) is 32.7 Å². The first-order chi connectivity index (χ1) is 18.6. The molecule has 13 nitrogen and oxygen atoms in total. The van der Waals surface area contributed by atoms with Gasteiger partial charge in [-0.15, -0.1) is 0 Å². The Morgan fingerprint density at radius 1 is 0.487 bits per heavy atom. The fourth-order valence-electron chi connectivity index (χ4n) is 3.51. The van der Waals surface area contributed by atoms with E-state index in [1.165, 1.54) is 14.7 Å². The number of carboxylic acids is 3. The minimum Gasteiger partial charge on any atom is -0.480 e. The molecular formula is C26H31N3O10. The zero-order valence-electron chi connectivity index (χ0n) is 21.2. The summed E-state index contributed by atoms with van der Waals surface area (Å²) in [5.41, 5.74) is 0. The standard InChI is InChI=1S/C26H31N3O10/c30-22(31)15-27(11-13-28(16-23(32)33)18-25(36)38-20-7-3-1-4-8-20)12-14-29(17-24(34)35)19-26(37)39-21-9-5-2-6-10-21/h1-10H,11-19H2,(H,30,31)(H,32,33)(H,34,35). The Morgan fingerprint density at radius 3 is 1.13 bits per heavy atom. The average molecular weight is 546 g/mol. The Hall–Kier alpha value is -4.33. The van der Waals surface area contributed by atoms with Crippen molar-refractivity contribution in [1.29, 1.82) is 0 Å². The molecule has 0 aliphatic carbocycles. The highest BCUT2D eigenvalue weighted by Crippen LogP contribution is 2.10. The minimum atomic E-state index is -1.18. The van der Waals surface area contributed by atoms with E-state index in [0.29, 0.717) is 11.5 Å². The molecule has 2 aromatic rings. The summed E-state index contributed by atoms with van der Waals surface area (Å²) in [6, 6.07) is 16.5. The van der Waals surface area contributed by atoms with Crippen molar-refractivity contribution in [2.45, 2.75) is 0 Å². The van der Waals surface area contributed by atoms with Crippen LogP contribution in [0.1, 0.15) is 0 Å². The van der Waals surface area contributed by atoms with E-state index in [9.17, 15) is 39.3 Å². The molecule has 13 heteroatoms. The quantitative estimate of drug-likeness (QED) is 0.173. The van der Waals surface area contributed by atoms with Crippen LogP contribution in [0.25, 0.3) is 0 Å².